The van der Waals surface area contributed by atoms with Crippen LogP contribution in [-0.4, -0.2) is 48.0 Å². The van der Waals surface area contributed by atoms with Gasteiger partial charge in [-0.1, -0.05) is 0 Å². The molecule has 2 rings (SSSR count). The van der Waals surface area contributed by atoms with E-state index in [0.717, 1.165) is 18.7 Å². The number of halogens is 3. The first-order chi connectivity index (χ1) is 11.4. The summed E-state index contributed by atoms with van der Waals surface area (Å²) in [5, 5.41) is 5.08. The van der Waals surface area contributed by atoms with Crippen molar-refractivity contribution >= 4 is 17.5 Å². The first-order valence-corrected chi connectivity index (χ1v) is 7.05. The molecule has 0 spiro atoms. The van der Waals surface area contributed by atoms with E-state index in [1.54, 1.807) is 0 Å². The average molecular weight is 339 g/mol. The van der Waals surface area contributed by atoms with Crippen LogP contribution in [0.15, 0.2) is 24.4 Å². The van der Waals surface area contributed by atoms with Gasteiger partial charge in [0.05, 0.1) is 5.69 Å². The molecule has 9 heteroatoms. The quantitative estimate of drug-likeness (QED) is 0.789. The molecule has 0 fully saturated rings. The van der Waals surface area contributed by atoms with Gasteiger partial charge in [0.2, 0.25) is 5.95 Å². The highest BCUT2D eigenvalue weighted by atomic mass is 19.2. The van der Waals surface area contributed by atoms with E-state index in [1.165, 1.54) is 12.3 Å². The van der Waals surface area contributed by atoms with Crippen molar-refractivity contribution in [1.29, 1.82) is 0 Å². The Labute approximate surface area is 136 Å². The lowest BCUT2D eigenvalue weighted by molar-refractivity contribution is 0.102. The minimum atomic E-state index is -1.65. The van der Waals surface area contributed by atoms with E-state index < -0.39 is 29.0 Å². The summed E-state index contributed by atoms with van der Waals surface area (Å²) in [5.41, 5.74) is -0.513. The second-order valence-corrected chi connectivity index (χ2v) is 5.17. The molecule has 6 nitrogen and oxygen atoms in total. The van der Waals surface area contributed by atoms with Gasteiger partial charge < -0.3 is 15.5 Å². The predicted molar refractivity (Wildman–Crippen MR) is 83.3 cm³/mol. The van der Waals surface area contributed by atoms with Gasteiger partial charge in [0, 0.05) is 19.3 Å². The number of rotatable bonds is 6. The third-order valence-electron chi connectivity index (χ3n) is 3.01. The van der Waals surface area contributed by atoms with Crippen LogP contribution in [0.5, 0.6) is 0 Å². The van der Waals surface area contributed by atoms with Gasteiger partial charge in [-0.05, 0) is 32.3 Å². The zero-order valence-corrected chi connectivity index (χ0v) is 13.1. The third-order valence-corrected chi connectivity index (χ3v) is 3.01. The number of anilines is 2. The van der Waals surface area contributed by atoms with Crippen LogP contribution in [0.1, 0.15) is 10.5 Å². The minimum Gasteiger partial charge on any atom is -0.353 e. The van der Waals surface area contributed by atoms with E-state index in [9.17, 15) is 18.0 Å². The van der Waals surface area contributed by atoms with Gasteiger partial charge in [-0.15, -0.1) is 0 Å². The Morgan fingerprint density at radius 2 is 1.92 bits per heavy atom. The molecule has 1 aromatic carbocycles. The average Bonchev–Trinajstić information content (AvgIpc) is 2.55. The highest BCUT2D eigenvalue weighted by molar-refractivity contribution is 6.03. The van der Waals surface area contributed by atoms with Crippen LogP contribution in [0.2, 0.25) is 0 Å². The maximum atomic E-state index is 13.6. The molecular weight excluding hydrogens is 323 g/mol. The van der Waals surface area contributed by atoms with Gasteiger partial charge in [-0.2, -0.15) is 0 Å². The fourth-order valence-electron chi connectivity index (χ4n) is 1.77. The van der Waals surface area contributed by atoms with Crippen molar-refractivity contribution in [1.82, 2.24) is 14.9 Å². The molecule has 2 aromatic rings. The zero-order valence-electron chi connectivity index (χ0n) is 13.1. The molecule has 1 amide bonds. The van der Waals surface area contributed by atoms with Crippen molar-refractivity contribution in [3.63, 3.8) is 0 Å². The lowest BCUT2D eigenvalue weighted by Crippen LogP contribution is -2.22. The number of carbonyl (C=O) groups is 1. The molecule has 0 saturated heterocycles. The number of amides is 1. The van der Waals surface area contributed by atoms with Gasteiger partial charge in [0.1, 0.15) is 5.69 Å². The zero-order chi connectivity index (χ0) is 17.7. The summed E-state index contributed by atoms with van der Waals surface area (Å²) < 4.78 is 39.6. The van der Waals surface area contributed by atoms with E-state index in [1.807, 2.05) is 19.0 Å². The topological polar surface area (TPSA) is 70.2 Å². The van der Waals surface area contributed by atoms with Crippen LogP contribution < -0.4 is 10.6 Å². The molecular formula is C15H16F3N5O. The number of hydrogen-bond donors (Lipinski definition) is 2. The number of nitrogens with one attached hydrogen (secondary N) is 2. The molecule has 0 saturated carbocycles. The molecule has 1 heterocycles. The molecule has 0 aliphatic carbocycles. The smallest absolute Gasteiger partial charge is 0.274 e. The van der Waals surface area contributed by atoms with E-state index in [2.05, 4.69) is 20.6 Å². The molecule has 128 valence electrons. The van der Waals surface area contributed by atoms with E-state index >= 15 is 0 Å². The Morgan fingerprint density at radius 3 is 2.62 bits per heavy atom. The number of likely N-dealkylation sites (N-methyl/N-ethyl adjacent to an activating group) is 1. The Hall–Kier alpha value is -2.68. The van der Waals surface area contributed by atoms with Crippen LogP contribution in [0.4, 0.5) is 24.8 Å². The summed E-state index contributed by atoms with van der Waals surface area (Å²) in [6.45, 7) is 1.30. The largest absolute Gasteiger partial charge is 0.353 e. The Balaban J connectivity index is 2.09. The van der Waals surface area contributed by atoms with Crippen LogP contribution in [0.25, 0.3) is 0 Å². The van der Waals surface area contributed by atoms with Crippen molar-refractivity contribution in [2.75, 3.05) is 37.8 Å². The normalized spacial score (nSPS) is 10.8. The summed E-state index contributed by atoms with van der Waals surface area (Å²) in [5.74, 6) is -4.99. The SMILES string of the molecule is CN(C)CCNc1nccc(C(=O)Nc2ccc(F)c(F)c2F)n1. The van der Waals surface area contributed by atoms with E-state index in [4.69, 9.17) is 0 Å². The lowest BCUT2D eigenvalue weighted by atomic mass is 10.2. The van der Waals surface area contributed by atoms with Crippen LogP contribution >= 0.6 is 0 Å². The van der Waals surface area contributed by atoms with Gasteiger partial charge >= 0.3 is 0 Å². The Bertz CT molecular complexity index is 739. The van der Waals surface area contributed by atoms with Gasteiger partial charge in [-0.3, -0.25) is 4.79 Å². The summed E-state index contributed by atoms with van der Waals surface area (Å²) in [4.78, 5) is 22.0. The number of aromatic nitrogens is 2. The maximum Gasteiger partial charge on any atom is 0.274 e. The summed E-state index contributed by atoms with van der Waals surface area (Å²) >= 11 is 0. The molecule has 24 heavy (non-hydrogen) atoms. The molecule has 1 aromatic heterocycles. The first-order valence-electron chi connectivity index (χ1n) is 7.05. The summed E-state index contributed by atoms with van der Waals surface area (Å²) in [6, 6.07) is 2.98. The Morgan fingerprint density at radius 1 is 1.17 bits per heavy atom. The van der Waals surface area contributed by atoms with Crippen LogP contribution in [0, 0.1) is 17.5 Å². The molecule has 0 radical (unpaired) electrons. The second-order valence-electron chi connectivity index (χ2n) is 5.17. The number of nitrogens with zero attached hydrogens (tertiary/aromatic N) is 3. The van der Waals surface area contributed by atoms with Gasteiger partial charge in [0.15, 0.2) is 17.5 Å². The van der Waals surface area contributed by atoms with E-state index in [0.29, 0.717) is 6.54 Å². The molecule has 0 aliphatic rings. The number of benzene rings is 1. The first kappa shape index (κ1) is 17.7. The monoisotopic (exact) mass is 339 g/mol. The van der Waals surface area contributed by atoms with Crippen molar-refractivity contribution in [2.45, 2.75) is 0 Å². The molecule has 0 bridgehead atoms. The van der Waals surface area contributed by atoms with Crippen LogP contribution in [-0.2, 0) is 0 Å². The predicted octanol–water partition coefficient (Wildman–Crippen LogP) is 2.12. The third kappa shape index (κ3) is 4.42. The Kier molecular flexibility index (Phi) is 5.69. The number of carbonyl (C=O) groups excluding carboxylic acids is 1. The molecule has 0 atom stereocenters. The maximum absolute atomic E-state index is 13.6. The standard InChI is InChI=1S/C15H16F3N5O/c1-23(2)8-7-20-15-19-6-5-11(22-15)14(24)21-10-4-3-9(16)12(17)13(10)18/h3-6H,7-8H2,1-2H3,(H,21,24)(H,19,20,22). The fourth-order valence-corrected chi connectivity index (χ4v) is 1.77. The molecule has 0 unspecified atom stereocenters. The highest BCUT2D eigenvalue weighted by Crippen LogP contribution is 2.20. The highest BCUT2D eigenvalue weighted by Gasteiger charge is 2.17. The fraction of sp³-hybridized carbons (Fsp3) is 0.267. The second kappa shape index (κ2) is 7.73. The van der Waals surface area contributed by atoms with Crippen molar-refractivity contribution in [2.24, 2.45) is 0 Å². The van der Waals surface area contributed by atoms with Crippen LogP contribution in [0.3, 0.4) is 0 Å². The lowest BCUT2D eigenvalue weighted by Gasteiger charge is -2.11. The van der Waals surface area contributed by atoms with Crippen molar-refractivity contribution < 1.29 is 18.0 Å². The van der Waals surface area contributed by atoms with Gasteiger partial charge in [0.25, 0.3) is 5.91 Å². The minimum absolute atomic E-state index is 0.0403. The molecule has 0 aliphatic heterocycles. The summed E-state index contributed by atoms with van der Waals surface area (Å²) in [6.07, 6.45) is 1.36. The van der Waals surface area contributed by atoms with Gasteiger partial charge in [-0.25, -0.2) is 23.1 Å². The number of hydrogen-bond acceptors (Lipinski definition) is 5. The van der Waals surface area contributed by atoms with Crippen molar-refractivity contribution in [3.8, 4) is 0 Å². The van der Waals surface area contributed by atoms with Crippen molar-refractivity contribution in [3.05, 3.63) is 47.5 Å². The summed E-state index contributed by atoms with van der Waals surface area (Å²) in [7, 11) is 3.81. The molecule has 2 N–H and O–H groups in total. The van der Waals surface area contributed by atoms with E-state index in [-0.39, 0.29) is 11.6 Å².